The zero-order valence-corrected chi connectivity index (χ0v) is 7.62. The predicted octanol–water partition coefficient (Wildman–Crippen LogP) is 1.35. The quantitative estimate of drug-likeness (QED) is 0.528. The summed E-state index contributed by atoms with van der Waals surface area (Å²) in [5, 5.41) is 6.97. The summed E-state index contributed by atoms with van der Waals surface area (Å²) in [7, 11) is 0. The summed E-state index contributed by atoms with van der Waals surface area (Å²) >= 11 is 0. The summed E-state index contributed by atoms with van der Waals surface area (Å²) in [6.45, 7) is 2.30. The molecule has 1 aromatic rings. The lowest BCUT2D eigenvalue weighted by molar-refractivity contribution is 1.24. The minimum atomic E-state index is 0.0869. The van der Waals surface area contributed by atoms with Crippen molar-refractivity contribution in [3.63, 3.8) is 0 Å². The average molecular weight is 175 g/mol. The van der Waals surface area contributed by atoms with E-state index in [0.717, 1.165) is 5.56 Å². The van der Waals surface area contributed by atoms with Crippen molar-refractivity contribution in [2.75, 3.05) is 6.54 Å². The van der Waals surface area contributed by atoms with Gasteiger partial charge in [-0.1, -0.05) is 29.8 Å². The van der Waals surface area contributed by atoms with Gasteiger partial charge in [0.05, 0.1) is 6.54 Å². The third kappa shape index (κ3) is 3.51. The fourth-order valence-electron chi connectivity index (χ4n) is 1.000. The Balaban J connectivity index is 2.63. The largest absolute Gasteiger partial charge is 0.386 e. The van der Waals surface area contributed by atoms with Gasteiger partial charge in [0.2, 0.25) is 0 Å². The molecule has 0 unspecified atom stereocenters. The Labute approximate surface area is 77.8 Å². The van der Waals surface area contributed by atoms with Gasteiger partial charge >= 0.3 is 0 Å². The number of nitrogens with one attached hydrogen (secondary N) is 1. The van der Waals surface area contributed by atoms with Crippen LogP contribution in [0.2, 0.25) is 0 Å². The Bertz CT molecular complexity index is 329. The van der Waals surface area contributed by atoms with E-state index >= 15 is 0 Å². The number of nitrogens with two attached hydrogens (primary N) is 1. The third-order valence-electron chi connectivity index (χ3n) is 1.54. The second-order valence-electron chi connectivity index (χ2n) is 2.91. The summed E-state index contributed by atoms with van der Waals surface area (Å²) in [6.07, 6.45) is 1.73. The Morgan fingerprint density at radius 1 is 1.62 bits per heavy atom. The summed E-state index contributed by atoms with van der Waals surface area (Å²) in [6, 6.07) is 8.01. The lowest BCUT2D eigenvalue weighted by Gasteiger charge is -1.94. The summed E-state index contributed by atoms with van der Waals surface area (Å²) in [4.78, 5) is 4.01. The number of nitrogens with zero attached hydrogens (tertiary/aromatic N) is 1. The van der Waals surface area contributed by atoms with Crippen molar-refractivity contribution >= 4 is 12.1 Å². The first kappa shape index (κ1) is 9.45. The van der Waals surface area contributed by atoms with Crippen molar-refractivity contribution in [3.05, 3.63) is 35.4 Å². The molecular weight excluding hydrogens is 162 g/mol. The Morgan fingerprint density at radius 3 is 3.00 bits per heavy atom. The van der Waals surface area contributed by atoms with E-state index in [-0.39, 0.29) is 12.4 Å². The van der Waals surface area contributed by atoms with E-state index in [1.54, 1.807) is 6.21 Å². The number of aliphatic imine (C=N–C) groups is 1. The standard InChI is InChI=1S/C10H13N3/c1-8-3-2-4-9(5-8)6-13-7-10(11)12/h2-6H,7H2,1H3,(H3,11,12). The molecule has 0 aromatic heterocycles. The first-order valence-corrected chi connectivity index (χ1v) is 4.08. The van der Waals surface area contributed by atoms with Crippen LogP contribution in [0.4, 0.5) is 0 Å². The van der Waals surface area contributed by atoms with Crippen LogP contribution in [-0.2, 0) is 0 Å². The monoisotopic (exact) mass is 175 g/mol. The number of benzene rings is 1. The molecule has 1 aromatic carbocycles. The maximum absolute atomic E-state index is 6.97. The van der Waals surface area contributed by atoms with Crippen molar-refractivity contribution in [1.29, 1.82) is 5.41 Å². The molecule has 0 spiro atoms. The molecule has 0 bridgehead atoms. The second-order valence-corrected chi connectivity index (χ2v) is 2.91. The molecule has 68 valence electrons. The maximum atomic E-state index is 6.97. The first-order valence-electron chi connectivity index (χ1n) is 4.08. The maximum Gasteiger partial charge on any atom is 0.113 e. The van der Waals surface area contributed by atoms with Crippen LogP contribution in [0.1, 0.15) is 11.1 Å². The van der Waals surface area contributed by atoms with Crippen LogP contribution in [-0.4, -0.2) is 18.6 Å². The number of rotatable bonds is 3. The first-order chi connectivity index (χ1) is 6.18. The molecule has 0 aliphatic carbocycles. The van der Waals surface area contributed by atoms with Crippen LogP contribution in [0.15, 0.2) is 29.3 Å². The molecule has 3 N–H and O–H groups in total. The second kappa shape index (κ2) is 4.40. The molecule has 0 heterocycles. The zero-order chi connectivity index (χ0) is 9.68. The van der Waals surface area contributed by atoms with E-state index < -0.39 is 0 Å². The number of amidine groups is 1. The van der Waals surface area contributed by atoms with E-state index in [2.05, 4.69) is 4.99 Å². The van der Waals surface area contributed by atoms with E-state index in [9.17, 15) is 0 Å². The fourth-order valence-corrected chi connectivity index (χ4v) is 1.000. The number of aryl methyl sites for hydroxylation is 1. The van der Waals surface area contributed by atoms with E-state index in [0.29, 0.717) is 0 Å². The van der Waals surface area contributed by atoms with Crippen LogP contribution in [0.25, 0.3) is 0 Å². The Hall–Kier alpha value is -1.64. The number of hydrogen-bond acceptors (Lipinski definition) is 2. The molecule has 13 heavy (non-hydrogen) atoms. The van der Waals surface area contributed by atoms with Crippen LogP contribution in [0.3, 0.4) is 0 Å². The van der Waals surface area contributed by atoms with E-state index in [1.165, 1.54) is 5.56 Å². The molecular formula is C10H13N3. The van der Waals surface area contributed by atoms with Crippen molar-refractivity contribution in [2.24, 2.45) is 10.7 Å². The third-order valence-corrected chi connectivity index (χ3v) is 1.54. The summed E-state index contributed by atoms with van der Waals surface area (Å²) in [5.41, 5.74) is 7.40. The van der Waals surface area contributed by atoms with Gasteiger partial charge in [0.15, 0.2) is 0 Å². The van der Waals surface area contributed by atoms with Gasteiger partial charge in [-0.25, -0.2) is 0 Å². The van der Waals surface area contributed by atoms with E-state index in [1.807, 2.05) is 31.2 Å². The van der Waals surface area contributed by atoms with Gasteiger partial charge in [-0.05, 0) is 12.5 Å². The summed E-state index contributed by atoms with van der Waals surface area (Å²) in [5.74, 6) is 0.0869. The molecule has 0 radical (unpaired) electrons. The topological polar surface area (TPSA) is 62.2 Å². The highest BCUT2D eigenvalue weighted by Gasteiger charge is 1.88. The molecule has 1 rings (SSSR count). The van der Waals surface area contributed by atoms with Crippen molar-refractivity contribution in [1.82, 2.24) is 0 Å². The Morgan fingerprint density at radius 2 is 2.38 bits per heavy atom. The lowest BCUT2D eigenvalue weighted by Crippen LogP contribution is -2.12. The normalized spacial score (nSPS) is 10.5. The molecule has 3 nitrogen and oxygen atoms in total. The van der Waals surface area contributed by atoms with Crippen LogP contribution < -0.4 is 5.73 Å². The zero-order valence-electron chi connectivity index (χ0n) is 7.62. The SMILES string of the molecule is Cc1cccc(C=NCC(=N)N)c1. The Kier molecular flexibility index (Phi) is 3.20. The van der Waals surface area contributed by atoms with Gasteiger partial charge in [0.25, 0.3) is 0 Å². The molecule has 0 aliphatic heterocycles. The van der Waals surface area contributed by atoms with Crippen molar-refractivity contribution in [3.8, 4) is 0 Å². The molecule has 0 amide bonds. The van der Waals surface area contributed by atoms with Crippen molar-refractivity contribution < 1.29 is 0 Å². The fraction of sp³-hybridized carbons (Fsp3) is 0.200. The lowest BCUT2D eigenvalue weighted by atomic mass is 10.2. The van der Waals surface area contributed by atoms with E-state index in [4.69, 9.17) is 11.1 Å². The number of hydrogen-bond donors (Lipinski definition) is 2. The smallest absolute Gasteiger partial charge is 0.113 e. The molecule has 0 atom stereocenters. The molecule has 0 saturated carbocycles. The van der Waals surface area contributed by atoms with Crippen LogP contribution in [0.5, 0.6) is 0 Å². The van der Waals surface area contributed by atoms with Crippen LogP contribution in [0, 0.1) is 12.3 Å². The average Bonchev–Trinajstić information content (AvgIpc) is 2.03. The van der Waals surface area contributed by atoms with Gasteiger partial charge in [0, 0.05) is 6.21 Å². The van der Waals surface area contributed by atoms with Gasteiger partial charge in [-0.3, -0.25) is 10.4 Å². The predicted molar refractivity (Wildman–Crippen MR) is 55.6 cm³/mol. The van der Waals surface area contributed by atoms with Gasteiger partial charge in [-0.2, -0.15) is 0 Å². The van der Waals surface area contributed by atoms with Gasteiger partial charge in [0.1, 0.15) is 5.84 Å². The summed E-state index contributed by atoms with van der Waals surface area (Å²) < 4.78 is 0. The van der Waals surface area contributed by atoms with Gasteiger partial charge < -0.3 is 5.73 Å². The van der Waals surface area contributed by atoms with Crippen molar-refractivity contribution in [2.45, 2.75) is 6.92 Å². The van der Waals surface area contributed by atoms with Gasteiger partial charge in [-0.15, -0.1) is 0 Å². The molecule has 0 saturated heterocycles. The minimum Gasteiger partial charge on any atom is -0.386 e. The highest BCUT2D eigenvalue weighted by molar-refractivity contribution is 5.84. The van der Waals surface area contributed by atoms with Crippen LogP contribution >= 0.6 is 0 Å². The highest BCUT2D eigenvalue weighted by atomic mass is 14.8. The molecule has 3 heteroatoms. The minimum absolute atomic E-state index is 0.0869. The highest BCUT2D eigenvalue weighted by Crippen LogP contribution is 2.00. The molecule has 0 fully saturated rings. The molecule has 0 aliphatic rings.